The molecule has 0 radical (unpaired) electrons. The third kappa shape index (κ3) is 4.34. The molecule has 0 aromatic rings. The van der Waals surface area contributed by atoms with Crippen LogP contribution in [-0.4, -0.2) is 12.1 Å². The van der Waals surface area contributed by atoms with Gasteiger partial charge in [0.2, 0.25) is 0 Å². The van der Waals surface area contributed by atoms with E-state index in [0.717, 1.165) is 48.3 Å². The fraction of sp³-hybridized carbons (Fsp3) is 0.900. The molecule has 0 saturated heterocycles. The van der Waals surface area contributed by atoms with Crippen molar-refractivity contribution in [2.75, 3.05) is 0 Å². The molecule has 0 aromatic heterocycles. The summed E-state index contributed by atoms with van der Waals surface area (Å²) in [6, 6.07) is 0. The molecule has 0 aliphatic heterocycles. The van der Waals surface area contributed by atoms with Gasteiger partial charge in [-0.1, -0.05) is 72.5 Å². The van der Waals surface area contributed by atoms with Gasteiger partial charge in [0, 0.05) is 12.8 Å². The molecule has 4 rings (SSSR count). The zero-order valence-corrected chi connectivity index (χ0v) is 21.9. The van der Waals surface area contributed by atoms with Gasteiger partial charge in [-0.25, -0.2) is 0 Å². The molecule has 32 heavy (non-hydrogen) atoms. The number of carbonyl (C=O) groups is 1. The Morgan fingerprint density at radius 3 is 2.56 bits per heavy atom. The highest BCUT2D eigenvalue weighted by Gasteiger charge is 2.59. The Bertz CT molecular complexity index is 708. The van der Waals surface area contributed by atoms with E-state index in [1.54, 1.807) is 5.57 Å². The lowest BCUT2D eigenvalue weighted by Crippen LogP contribution is -2.51. The van der Waals surface area contributed by atoms with Crippen LogP contribution >= 0.6 is 0 Å². The fourth-order valence-electron chi connectivity index (χ4n) is 9.02. The van der Waals surface area contributed by atoms with Gasteiger partial charge in [-0.15, -0.1) is 0 Å². The van der Waals surface area contributed by atoms with Crippen LogP contribution in [-0.2, 0) is 9.53 Å². The molecular weight excluding hydrogens is 392 g/mol. The topological polar surface area (TPSA) is 26.3 Å². The summed E-state index contributed by atoms with van der Waals surface area (Å²) >= 11 is 0. The van der Waals surface area contributed by atoms with Crippen LogP contribution in [0.2, 0.25) is 0 Å². The Balaban J connectivity index is 1.45. The molecule has 182 valence electrons. The molecule has 0 amide bonds. The van der Waals surface area contributed by atoms with Crippen molar-refractivity contribution in [3.63, 3.8) is 0 Å². The number of fused-ring (bicyclic) bond motifs is 5. The van der Waals surface area contributed by atoms with E-state index in [-0.39, 0.29) is 12.1 Å². The second kappa shape index (κ2) is 9.46. The van der Waals surface area contributed by atoms with Gasteiger partial charge in [0.1, 0.15) is 6.10 Å². The summed E-state index contributed by atoms with van der Waals surface area (Å²) < 4.78 is 5.76. The Hall–Kier alpha value is -0.790. The number of esters is 1. The second-order valence-electron chi connectivity index (χ2n) is 13.0. The molecule has 3 fully saturated rings. The Morgan fingerprint density at radius 1 is 1.06 bits per heavy atom. The van der Waals surface area contributed by atoms with E-state index in [1.807, 2.05) is 6.92 Å². The molecule has 0 spiro atoms. The minimum atomic E-state index is -0.0270. The van der Waals surface area contributed by atoms with Crippen LogP contribution < -0.4 is 0 Å². The van der Waals surface area contributed by atoms with E-state index in [1.165, 1.54) is 57.8 Å². The standard InChI is InChI=1S/C30H50O2/c1-7-28(31)32-23-15-17-29(5)22(19-23)11-12-24-26-14-13-25(21(4)10-8-9-20(2)3)30(26,6)18-16-27(24)29/h11,20-21,23-27H,7-10,12-19H2,1-6H3/t21-,23-,24+,25-,26+,27+,29-,30-/m0/s1. The van der Waals surface area contributed by atoms with E-state index < -0.39 is 0 Å². The molecule has 4 aliphatic rings. The van der Waals surface area contributed by atoms with Gasteiger partial charge in [-0.05, 0) is 91.3 Å². The average Bonchev–Trinajstić information content (AvgIpc) is 3.11. The third-order valence-corrected chi connectivity index (χ3v) is 10.8. The summed E-state index contributed by atoms with van der Waals surface area (Å²) in [6.45, 7) is 14.5. The molecule has 0 bridgehead atoms. The lowest BCUT2D eigenvalue weighted by molar-refractivity contribution is -0.151. The molecule has 4 aliphatic carbocycles. The van der Waals surface area contributed by atoms with Gasteiger partial charge < -0.3 is 4.74 Å². The molecular formula is C30H50O2. The minimum Gasteiger partial charge on any atom is -0.462 e. The summed E-state index contributed by atoms with van der Waals surface area (Å²) in [4.78, 5) is 11.9. The predicted molar refractivity (Wildman–Crippen MR) is 133 cm³/mol. The normalized spacial score (nSPS) is 42.0. The summed E-state index contributed by atoms with van der Waals surface area (Å²) in [5.41, 5.74) is 2.54. The summed E-state index contributed by atoms with van der Waals surface area (Å²) in [7, 11) is 0. The molecule has 0 unspecified atom stereocenters. The molecule has 0 aromatic carbocycles. The lowest BCUT2D eigenvalue weighted by atomic mass is 9.47. The molecule has 2 heteroatoms. The average molecular weight is 443 g/mol. The number of allylic oxidation sites excluding steroid dienone is 1. The number of hydrogen-bond donors (Lipinski definition) is 0. The first-order valence-electron chi connectivity index (χ1n) is 14.1. The van der Waals surface area contributed by atoms with Crippen LogP contribution in [0.15, 0.2) is 11.6 Å². The van der Waals surface area contributed by atoms with Crippen molar-refractivity contribution in [1.29, 1.82) is 0 Å². The van der Waals surface area contributed by atoms with Crippen molar-refractivity contribution < 1.29 is 9.53 Å². The van der Waals surface area contributed by atoms with Gasteiger partial charge >= 0.3 is 5.97 Å². The van der Waals surface area contributed by atoms with Crippen molar-refractivity contribution in [2.45, 2.75) is 125 Å². The first kappa shape index (κ1) is 24.3. The van der Waals surface area contributed by atoms with Crippen LogP contribution in [0.1, 0.15) is 119 Å². The van der Waals surface area contributed by atoms with Gasteiger partial charge in [0.05, 0.1) is 0 Å². The van der Waals surface area contributed by atoms with Gasteiger partial charge in [0.25, 0.3) is 0 Å². The summed E-state index contributed by atoms with van der Waals surface area (Å²) in [5, 5.41) is 0. The highest BCUT2D eigenvalue weighted by atomic mass is 16.5. The van der Waals surface area contributed by atoms with Gasteiger partial charge in [-0.2, -0.15) is 0 Å². The van der Waals surface area contributed by atoms with Crippen LogP contribution in [0.25, 0.3) is 0 Å². The second-order valence-corrected chi connectivity index (χ2v) is 13.0. The number of rotatable bonds is 7. The van der Waals surface area contributed by atoms with E-state index >= 15 is 0 Å². The number of ether oxygens (including phenoxy) is 1. The van der Waals surface area contributed by atoms with E-state index in [0.29, 0.717) is 17.3 Å². The number of carbonyl (C=O) groups excluding carboxylic acids is 1. The smallest absolute Gasteiger partial charge is 0.305 e. The first-order valence-corrected chi connectivity index (χ1v) is 14.1. The maximum absolute atomic E-state index is 11.9. The van der Waals surface area contributed by atoms with Crippen molar-refractivity contribution in [1.82, 2.24) is 0 Å². The zero-order valence-electron chi connectivity index (χ0n) is 21.9. The van der Waals surface area contributed by atoms with E-state index in [4.69, 9.17) is 4.74 Å². The highest BCUT2D eigenvalue weighted by molar-refractivity contribution is 5.69. The van der Waals surface area contributed by atoms with Crippen LogP contribution in [0, 0.1) is 46.3 Å². The van der Waals surface area contributed by atoms with Gasteiger partial charge in [0.15, 0.2) is 0 Å². The lowest BCUT2D eigenvalue weighted by Gasteiger charge is -2.58. The van der Waals surface area contributed by atoms with E-state index in [9.17, 15) is 4.79 Å². The predicted octanol–water partition coefficient (Wildman–Crippen LogP) is 8.35. The van der Waals surface area contributed by atoms with Crippen molar-refractivity contribution in [3.05, 3.63) is 11.6 Å². The van der Waals surface area contributed by atoms with Crippen molar-refractivity contribution in [3.8, 4) is 0 Å². The molecule has 2 nitrogen and oxygen atoms in total. The minimum absolute atomic E-state index is 0.0270. The quantitative estimate of drug-likeness (QED) is 0.292. The van der Waals surface area contributed by atoms with Crippen molar-refractivity contribution in [2.24, 2.45) is 46.3 Å². The largest absolute Gasteiger partial charge is 0.462 e. The zero-order chi connectivity index (χ0) is 23.1. The molecule has 3 saturated carbocycles. The number of hydrogen-bond acceptors (Lipinski definition) is 2. The summed E-state index contributed by atoms with van der Waals surface area (Å²) in [5.74, 6) is 5.28. The fourth-order valence-corrected chi connectivity index (χ4v) is 9.02. The Labute approximate surface area is 198 Å². The van der Waals surface area contributed by atoms with E-state index in [2.05, 4.69) is 40.7 Å². The summed E-state index contributed by atoms with van der Waals surface area (Å²) in [6.07, 6.45) is 17.8. The molecule has 8 atom stereocenters. The highest BCUT2D eigenvalue weighted by Crippen LogP contribution is 2.67. The maximum atomic E-state index is 11.9. The Kier molecular flexibility index (Phi) is 7.19. The molecule has 0 heterocycles. The molecule has 0 N–H and O–H groups in total. The van der Waals surface area contributed by atoms with Crippen LogP contribution in [0.5, 0.6) is 0 Å². The first-order chi connectivity index (χ1) is 15.2. The van der Waals surface area contributed by atoms with Gasteiger partial charge in [-0.3, -0.25) is 4.79 Å². The SMILES string of the molecule is CCC(=O)O[C@H]1CC[C@@]2(C)C(=CC[C@@H]3[C@H]4CC[C@@H]([C@@H](C)CCCC(C)C)[C@]4(C)CC[C@H]32)C1. The Morgan fingerprint density at radius 2 is 1.84 bits per heavy atom. The third-order valence-electron chi connectivity index (χ3n) is 10.8. The van der Waals surface area contributed by atoms with Crippen LogP contribution in [0.4, 0.5) is 0 Å². The monoisotopic (exact) mass is 442 g/mol. The van der Waals surface area contributed by atoms with Crippen molar-refractivity contribution >= 4 is 5.97 Å². The maximum Gasteiger partial charge on any atom is 0.305 e. The van der Waals surface area contributed by atoms with Crippen LogP contribution in [0.3, 0.4) is 0 Å².